The summed E-state index contributed by atoms with van der Waals surface area (Å²) in [5, 5.41) is 3.50. The van der Waals surface area contributed by atoms with Crippen LogP contribution in [-0.4, -0.2) is 13.1 Å². The van der Waals surface area contributed by atoms with Crippen LogP contribution in [-0.2, 0) is 6.42 Å². The molecule has 1 nitrogen and oxygen atoms in total. The second-order valence-electron chi connectivity index (χ2n) is 6.17. The predicted octanol–water partition coefficient (Wildman–Crippen LogP) is 4.15. The van der Waals surface area contributed by atoms with Crippen molar-refractivity contribution in [2.45, 2.75) is 38.1 Å². The van der Waals surface area contributed by atoms with Crippen LogP contribution in [0.4, 0.5) is 4.39 Å². The highest BCUT2D eigenvalue weighted by Crippen LogP contribution is 2.50. The molecule has 0 spiro atoms. The lowest BCUT2D eigenvalue weighted by molar-refractivity contribution is 0.255. The molecule has 3 heteroatoms. The molecule has 2 bridgehead atoms. The quantitative estimate of drug-likeness (QED) is 0.876. The van der Waals surface area contributed by atoms with Crippen LogP contribution in [0.25, 0.3) is 0 Å². The molecular weight excluding hydrogens is 305 g/mol. The molecule has 2 fully saturated rings. The van der Waals surface area contributed by atoms with Crippen molar-refractivity contribution in [1.29, 1.82) is 0 Å². The Morgan fingerprint density at radius 3 is 2.79 bits per heavy atom. The minimum Gasteiger partial charge on any atom is -0.316 e. The van der Waals surface area contributed by atoms with E-state index in [1.54, 1.807) is 12.1 Å². The Balaban J connectivity index is 1.73. The summed E-state index contributed by atoms with van der Waals surface area (Å²) in [5.41, 5.74) is 1.21. The Morgan fingerprint density at radius 1 is 1.37 bits per heavy atom. The lowest BCUT2D eigenvalue weighted by Gasteiger charge is -2.30. The number of nitrogens with one attached hydrogen (secondary N) is 1. The zero-order chi connectivity index (χ0) is 13.4. The van der Waals surface area contributed by atoms with Gasteiger partial charge in [0.2, 0.25) is 0 Å². The van der Waals surface area contributed by atoms with Gasteiger partial charge in [-0.25, -0.2) is 4.39 Å². The summed E-state index contributed by atoms with van der Waals surface area (Å²) in [6.07, 6.45) is 6.67. The zero-order valence-corrected chi connectivity index (χ0v) is 12.9. The minimum atomic E-state index is -0.170. The Hall–Kier alpha value is -0.410. The molecule has 2 aliphatic rings. The molecule has 4 atom stereocenters. The molecule has 1 aromatic rings. The van der Waals surface area contributed by atoms with Crippen LogP contribution in [0.15, 0.2) is 22.7 Å². The van der Waals surface area contributed by atoms with E-state index in [-0.39, 0.29) is 5.82 Å². The van der Waals surface area contributed by atoms with Crippen molar-refractivity contribution in [2.24, 2.45) is 17.8 Å². The summed E-state index contributed by atoms with van der Waals surface area (Å²) in [4.78, 5) is 0. The van der Waals surface area contributed by atoms with Crippen LogP contribution in [0, 0.1) is 23.6 Å². The van der Waals surface area contributed by atoms with Gasteiger partial charge in [-0.1, -0.05) is 28.4 Å². The molecule has 0 aromatic heterocycles. The Labute approximate surface area is 123 Å². The molecule has 0 heterocycles. The van der Waals surface area contributed by atoms with Gasteiger partial charge in [0.1, 0.15) is 5.82 Å². The average molecular weight is 326 g/mol. The van der Waals surface area contributed by atoms with E-state index in [0.717, 1.165) is 28.6 Å². The lowest BCUT2D eigenvalue weighted by atomic mass is 9.81. The first-order valence-corrected chi connectivity index (χ1v) is 8.08. The van der Waals surface area contributed by atoms with Gasteiger partial charge in [-0.2, -0.15) is 0 Å². The van der Waals surface area contributed by atoms with E-state index < -0.39 is 0 Å². The number of fused-ring (bicyclic) bond motifs is 2. The summed E-state index contributed by atoms with van der Waals surface area (Å²) in [5.74, 6) is 2.53. The van der Waals surface area contributed by atoms with E-state index in [9.17, 15) is 4.39 Å². The summed E-state index contributed by atoms with van der Waals surface area (Å²) in [6.45, 7) is 0. The normalized spacial score (nSPS) is 30.8. The first-order chi connectivity index (χ1) is 9.17. The van der Waals surface area contributed by atoms with Gasteiger partial charge in [-0.15, -0.1) is 0 Å². The van der Waals surface area contributed by atoms with Crippen LogP contribution in [0.5, 0.6) is 0 Å². The minimum absolute atomic E-state index is 0.170. The molecule has 1 aromatic carbocycles. The topological polar surface area (TPSA) is 12.0 Å². The molecule has 4 unspecified atom stereocenters. The molecular formula is C16H21BrFN. The first-order valence-electron chi connectivity index (χ1n) is 7.28. The van der Waals surface area contributed by atoms with Crippen LogP contribution in [0.2, 0.25) is 0 Å². The van der Waals surface area contributed by atoms with Gasteiger partial charge in [-0.3, -0.25) is 0 Å². The van der Waals surface area contributed by atoms with Gasteiger partial charge < -0.3 is 5.32 Å². The number of likely N-dealkylation sites (N-methyl/N-ethyl adjacent to an activating group) is 1. The second-order valence-corrected chi connectivity index (χ2v) is 7.03. The highest BCUT2D eigenvalue weighted by Gasteiger charge is 2.42. The standard InChI is InChI=1S/C16H21BrFN/c1-19-16(14-7-10-2-3-11(14)6-10)8-12-4-5-13(18)9-15(12)17/h4-5,9-11,14,16,19H,2-3,6-8H2,1H3. The molecule has 0 aliphatic heterocycles. The summed E-state index contributed by atoms with van der Waals surface area (Å²) in [7, 11) is 2.06. The highest BCUT2D eigenvalue weighted by atomic mass is 79.9. The van der Waals surface area contributed by atoms with Gasteiger partial charge in [0, 0.05) is 10.5 Å². The third-order valence-corrected chi connectivity index (χ3v) is 5.87. The molecule has 104 valence electrons. The third kappa shape index (κ3) is 2.73. The fraction of sp³-hybridized carbons (Fsp3) is 0.625. The molecule has 3 rings (SSSR count). The van der Waals surface area contributed by atoms with E-state index in [1.807, 2.05) is 6.07 Å². The van der Waals surface area contributed by atoms with Crippen molar-refractivity contribution in [2.75, 3.05) is 7.05 Å². The molecule has 0 saturated heterocycles. The molecule has 2 aliphatic carbocycles. The van der Waals surface area contributed by atoms with E-state index in [0.29, 0.717) is 6.04 Å². The Kier molecular flexibility index (Phi) is 3.95. The van der Waals surface area contributed by atoms with Crippen molar-refractivity contribution in [3.63, 3.8) is 0 Å². The van der Waals surface area contributed by atoms with Crippen molar-refractivity contribution in [3.05, 3.63) is 34.1 Å². The highest BCUT2D eigenvalue weighted by molar-refractivity contribution is 9.10. The van der Waals surface area contributed by atoms with E-state index in [4.69, 9.17) is 0 Å². The maximum absolute atomic E-state index is 13.1. The maximum Gasteiger partial charge on any atom is 0.124 e. The average Bonchev–Trinajstić information content (AvgIpc) is 3.00. The van der Waals surface area contributed by atoms with E-state index in [2.05, 4.69) is 28.3 Å². The van der Waals surface area contributed by atoms with Gasteiger partial charge in [0.05, 0.1) is 0 Å². The molecule has 0 radical (unpaired) electrons. The zero-order valence-electron chi connectivity index (χ0n) is 11.3. The van der Waals surface area contributed by atoms with Crippen LogP contribution < -0.4 is 5.32 Å². The Morgan fingerprint density at radius 2 is 2.21 bits per heavy atom. The third-order valence-electron chi connectivity index (χ3n) is 5.14. The number of hydrogen-bond acceptors (Lipinski definition) is 1. The monoisotopic (exact) mass is 325 g/mol. The van der Waals surface area contributed by atoms with Crippen LogP contribution in [0.1, 0.15) is 31.2 Å². The molecule has 19 heavy (non-hydrogen) atoms. The van der Waals surface area contributed by atoms with Crippen molar-refractivity contribution in [3.8, 4) is 0 Å². The second kappa shape index (κ2) is 5.53. The van der Waals surface area contributed by atoms with Crippen molar-refractivity contribution >= 4 is 15.9 Å². The SMILES string of the molecule is CNC(Cc1ccc(F)cc1Br)C1CC2CCC1C2. The van der Waals surface area contributed by atoms with Gasteiger partial charge in [0.15, 0.2) is 0 Å². The lowest BCUT2D eigenvalue weighted by Crippen LogP contribution is -2.38. The Bertz CT molecular complexity index is 462. The number of benzene rings is 1. The van der Waals surface area contributed by atoms with Crippen LogP contribution >= 0.6 is 15.9 Å². The molecule has 0 amide bonds. The van der Waals surface area contributed by atoms with Crippen molar-refractivity contribution < 1.29 is 4.39 Å². The molecule has 2 saturated carbocycles. The summed E-state index contributed by atoms with van der Waals surface area (Å²) in [6, 6.07) is 5.57. The summed E-state index contributed by atoms with van der Waals surface area (Å²) < 4.78 is 14.0. The smallest absolute Gasteiger partial charge is 0.124 e. The maximum atomic E-state index is 13.1. The first kappa shape index (κ1) is 13.6. The number of hydrogen-bond donors (Lipinski definition) is 1. The van der Waals surface area contributed by atoms with E-state index >= 15 is 0 Å². The van der Waals surface area contributed by atoms with Crippen LogP contribution in [0.3, 0.4) is 0 Å². The van der Waals surface area contributed by atoms with E-state index in [1.165, 1.54) is 31.2 Å². The van der Waals surface area contributed by atoms with Gasteiger partial charge in [-0.05, 0) is 68.2 Å². The van der Waals surface area contributed by atoms with Gasteiger partial charge >= 0.3 is 0 Å². The fourth-order valence-electron chi connectivity index (χ4n) is 4.18. The number of rotatable bonds is 4. The predicted molar refractivity (Wildman–Crippen MR) is 79.6 cm³/mol. The fourth-order valence-corrected chi connectivity index (χ4v) is 4.69. The molecule has 1 N–H and O–H groups in total. The number of halogens is 2. The largest absolute Gasteiger partial charge is 0.316 e. The van der Waals surface area contributed by atoms with Crippen molar-refractivity contribution in [1.82, 2.24) is 5.32 Å². The summed E-state index contributed by atoms with van der Waals surface area (Å²) >= 11 is 3.49. The van der Waals surface area contributed by atoms with Gasteiger partial charge in [0.25, 0.3) is 0 Å².